The third kappa shape index (κ3) is 1.53. The van der Waals surface area contributed by atoms with Crippen LogP contribution in [0.25, 0.3) is 5.52 Å². The van der Waals surface area contributed by atoms with Crippen molar-refractivity contribution >= 4 is 5.52 Å². The average Bonchev–Trinajstić information content (AvgIpc) is 2.74. The Kier molecular flexibility index (Phi) is 2.18. The van der Waals surface area contributed by atoms with Gasteiger partial charge in [0.05, 0.1) is 18.3 Å². The Bertz CT molecular complexity index is 457. The Morgan fingerprint density at radius 2 is 2.40 bits per heavy atom. The van der Waals surface area contributed by atoms with E-state index in [9.17, 15) is 0 Å². The Morgan fingerprint density at radius 1 is 1.40 bits per heavy atom. The van der Waals surface area contributed by atoms with E-state index in [1.165, 1.54) is 6.42 Å². The highest BCUT2D eigenvalue weighted by molar-refractivity contribution is 5.45. The van der Waals surface area contributed by atoms with Gasteiger partial charge in [-0.25, -0.2) is 4.98 Å². The average molecular weight is 202 g/mol. The van der Waals surface area contributed by atoms with Gasteiger partial charge in [0.2, 0.25) is 0 Å². The second kappa shape index (κ2) is 3.66. The molecule has 0 radical (unpaired) electrons. The minimum atomic E-state index is 0.462. The van der Waals surface area contributed by atoms with Crippen LogP contribution in [0.4, 0.5) is 0 Å². The van der Waals surface area contributed by atoms with Crippen molar-refractivity contribution in [1.29, 1.82) is 0 Å². The third-order valence-corrected chi connectivity index (χ3v) is 2.99. The van der Waals surface area contributed by atoms with Gasteiger partial charge in [0.15, 0.2) is 0 Å². The van der Waals surface area contributed by atoms with E-state index in [0.717, 1.165) is 31.0 Å². The van der Waals surface area contributed by atoms with Crippen molar-refractivity contribution < 1.29 is 4.74 Å². The zero-order chi connectivity index (χ0) is 10.1. The zero-order valence-electron chi connectivity index (χ0n) is 8.60. The second-order valence-electron chi connectivity index (χ2n) is 4.03. The van der Waals surface area contributed by atoms with Gasteiger partial charge < -0.3 is 9.14 Å². The summed E-state index contributed by atoms with van der Waals surface area (Å²) >= 11 is 0. The van der Waals surface area contributed by atoms with Crippen molar-refractivity contribution in [2.24, 2.45) is 0 Å². The molecule has 0 aromatic carbocycles. The molecule has 1 saturated heterocycles. The lowest BCUT2D eigenvalue weighted by Crippen LogP contribution is -2.17. The smallest absolute Gasteiger partial charge is 0.118 e. The summed E-state index contributed by atoms with van der Waals surface area (Å²) in [5.74, 6) is 1.61. The summed E-state index contributed by atoms with van der Waals surface area (Å²) in [5.41, 5.74) is 1.16. The maximum atomic E-state index is 5.50. The van der Waals surface area contributed by atoms with Gasteiger partial charge in [-0.3, -0.25) is 0 Å². The summed E-state index contributed by atoms with van der Waals surface area (Å²) in [6, 6.07) is 6.17. The first-order chi connectivity index (χ1) is 7.45. The van der Waals surface area contributed by atoms with E-state index >= 15 is 0 Å². The van der Waals surface area contributed by atoms with E-state index < -0.39 is 0 Å². The molecule has 3 heterocycles. The summed E-state index contributed by atoms with van der Waals surface area (Å²) in [7, 11) is 0. The predicted molar refractivity (Wildman–Crippen MR) is 58.0 cm³/mol. The molecule has 2 aromatic rings. The van der Waals surface area contributed by atoms with Crippen LogP contribution in [0, 0.1) is 0 Å². The van der Waals surface area contributed by atoms with Crippen LogP contribution in [0.2, 0.25) is 0 Å². The van der Waals surface area contributed by atoms with Crippen LogP contribution in [0.15, 0.2) is 30.6 Å². The molecule has 3 heteroatoms. The van der Waals surface area contributed by atoms with Gasteiger partial charge >= 0.3 is 0 Å². The van der Waals surface area contributed by atoms with Gasteiger partial charge in [-0.2, -0.15) is 0 Å². The normalized spacial score (nSPS) is 22.0. The fourth-order valence-corrected chi connectivity index (χ4v) is 2.21. The first-order valence-corrected chi connectivity index (χ1v) is 5.45. The molecule has 0 amide bonds. The van der Waals surface area contributed by atoms with Crippen LogP contribution in [0.3, 0.4) is 0 Å². The summed E-state index contributed by atoms with van der Waals surface area (Å²) in [6.07, 6.45) is 6.34. The molecule has 0 N–H and O–H groups in total. The summed E-state index contributed by atoms with van der Waals surface area (Å²) in [4.78, 5) is 4.50. The minimum Gasteiger partial charge on any atom is -0.381 e. The van der Waals surface area contributed by atoms with Crippen molar-refractivity contribution in [1.82, 2.24) is 9.38 Å². The van der Waals surface area contributed by atoms with Crippen molar-refractivity contribution in [2.45, 2.75) is 18.8 Å². The van der Waals surface area contributed by atoms with Crippen LogP contribution < -0.4 is 0 Å². The van der Waals surface area contributed by atoms with E-state index in [0.29, 0.717) is 5.92 Å². The lowest BCUT2D eigenvalue weighted by atomic mass is 10.0. The van der Waals surface area contributed by atoms with E-state index in [1.54, 1.807) is 0 Å². The summed E-state index contributed by atoms with van der Waals surface area (Å²) < 4.78 is 7.67. The van der Waals surface area contributed by atoms with Crippen LogP contribution in [-0.4, -0.2) is 22.6 Å². The highest BCUT2D eigenvalue weighted by Gasteiger charge is 2.19. The number of ether oxygens (including phenoxy) is 1. The largest absolute Gasteiger partial charge is 0.381 e. The van der Waals surface area contributed by atoms with Gasteiger partial charge in [-0.1, -0.05) is 6.07 Å². The lowest BCUT2D eigenvalue weighted by molar-refractivity contribution is 0.0779. The molecule has 15 heavy (non-hydrogen) atoms. The molecule has 0 bridgehead atoms. The van der Waals surface area contributed by atoms with Crippen LogP contribution >= 0.6 is 0 Å². The maximum absolute atomic E-state index is 5.50. The van der Waals surface area contributed by atoms with Gasteiger partial charge in [0.1, 0.15) is 5.82 Å². The topological polar surface area (TPSA) is 26.5 Å². The Balaban J connectivity index is 2.02. The van der Waals surface area contributed by atoms with Crippen LogP contribution in [0.1, 0.15) is 24.6 Å². The minimum absolute atomic E-state index is 0.462. The molecule has 0 saturated carbocycles. The molecule has 1 aliphatic rings. The molecule has 1 aliphatic heterocycles. The van der Waals surface area contributed by atoms with Gasteiger partial charge in [-0.15, -0.1) is 0 Å². The van der Waals surface area contributed by atoms with E-state index in [-0.39, 0.29) is 0 Å². The molecule has 3 nitrogen and oxygen atoms in total. The van der Waals surface area contributed by atoms with Crippen molar-refractivity contribution in [3.8, 4) is 0 Å². The van der Waals surface area contributed by atoms with Crippen molar-refractivity contribution in [2.75, 3.05) is 13.2 Å². The van der Waals surface area contributed by atoms with E-state index in [4.69, 9.17) is 4.74 Å². The molecule has 2 aromatic heterocycles. The van der Waals surface area contributed by atoms with E-state index in [1.807, 2.05) is 18.3 Å². The molecular weight excluding hydrogens is 188 g/mol. The Labute approximate surface area is 88.7 Å². The number of hydrogen-bond donors (Lipinski definition) is 0. The molecule has 1 fully saturated rings. The first-order valence-electron chi connectivity index (χ1n) is 5.45. The SMILES string of the molecule is c1ccn2c(C3CCCOC3)ncc2c1. The summed E-state index contributed by atoms with van der Waals surface area (Å²) in [6.45, 7) is 1.72. The quantitative estimate of drug-likeness (QED) is 0.709. The molecule has 0 aliphatic carbocycles. The number of rotatable bonds is 1. The highest BCUT2D eigenvalue weighted by Crippen LogP contribution is 2.24. The predicted octanol–water partition coefficient (Wildman–Crippen LogP) is 2.23. The van der Waals surface area contributed by atoms with Gasteiger partial charge in [-0.05, 0) is 25.0 Å². The number of nitrogens with zero attached hydrogens (tertiary/aromatic N) is 2. The molecular formula is C12H14N2O. The van der Waals surface area contributed by atoms with Gasteiger partial charge in [0.25, 0.3) is 0 Å². The molecule has 1 unspecified atom stereocenters. The Hall–Kier alpha value is -1.35. The van der Waals surface area contributed by atoms with Crippen molar-refractivity contribution in [3.63, 3.8) is 0 Å². The number of imidazole rings is 1. The molecule has 0 spiro atoms. The lowest BCUT2D eigenvalue weighted by Gasteiger charge is -2.20. The van der Waals surface area contributed by atoms with Gasteiger partial charge in [0, 0.05) is 18.7 Å². The second-order valence-corrected chi connectivity index (χ2v) is 4.03. The monoisotopic (exact) mass is 202 g/mol. The summed E-state index contributed by atoms with van der Waals surface area (Å²) in [5, 5.41) is 0. The number of hydrogen-bond acceptors (Lipinski definition) is 2. The highest BCUT2D eigenvalue weighted by atomic mass is 16.5. The molecule has 1 atom stereocenters. The van der Waals surface area contributed by atoms with Crippen molar-refractivity contribution in [3.05, 3.63) is 36.4 Å². The van der Waals surface area contributed by atoms with E-state index in [2.05, 4.69) is 21.6 Å². The number of aromatic nitrogens is 2. The molecule has 78 valence electrons. The maximum Gasteiger partial charge on any atom is 0.118 e. The molecule has 3 rings (SSSR count). The standard InChI is InChI=1S/C12H14N2O/c1-2-6-14-11(5-1)8-13-12(14)10-4-3-7-15-9-10/h1-2,5-6,8,10H,3-4,7,9H2. The number of fused-ring (bicyclic) bond motifs is 1. The fourth-order valence-electron chi connectivity index (χ4n) is 2.21. The first kappa shape index (κ1) is 8.92. The Morgan fingerprint density at radius 3 is 3.27 bits per heavy atom. The third-order valence-electron chi connectivity index (χ3n) is 2.99. The zero-order valence-corrected chi connectivity index (χ0v) is 8.60. The van der Waals surface area contributed by atoms with Crippen LogP contribution in [0.5, 0.6) is 0 Å². The number of pyridine rings is 1. The van der Waals surface area contributed by atoms with Crippen LogP contribution in [-0.2, 0) is 4.74 Å². The fraction of sp³-hybridized carbons (Fsp3) is 0.417.